The maximum atomic E-state index is 12.5. The van der Waals surface area contributed by atoms with Crippen molar-refractivity contribution in [2.24, 2.45) is 5.92 Å². The highest BCUT2D eigenvalue weighted by Crippen LogP contribution is 2.36. The molecule has 0 aromatic heterocycles. The van der Waals surface area contributed by atoms with E-state index in [-0.39, 0.29) is 18.2 Å². The van der Waals surface area contributed by atoms with E-state index in [9.17, 15) is 9.59 Å². The number of rotatable bonds is 3. The number of halogens is 1. The van der Waals surface area contributed by atoms with E-state index in [0.717, 1.165) is 0 Å². The molecule has 7 heteroatoms. The normalized spacial score (nSPS) is 18.7. The van der Waals surface area contributed by atoms with Gasteiger partial charge in [0, 0.05) is 35.4 Å². The average molecular weight is 373 g/mol. The molecule has 26 heavy (non-hydrogen) atoms. The van der Waals surface area contributed by atoms with Crippen molar-refractivity contribution in [2.75, 3.05) is 30.0 Å². The minimum atomic E-state index is -0.411. The van der Waals surface area contributed by atoms with Crippen molar-refractivity contribution in [1.29, 1.82) is 0 Å². The van der Waals surface area contributed by atoms with E-state index < -0.39 is 5.92 Å². The maximum absolute atomic E-state index is 12.5. The molecule has 0 aliphatic carbocycles. The molecule has 6 nitrogen and oxygen atoms in total. The fourth-order valence-corrected chi connectivity index (χ4v) is 3.24. The fraction of sp³-hybridized carbons (Fsp3) is 0.263. The molecule has 2 aliphatic rings. The smallest absolute Gasteiger partial charge is 0.229 e. The third kappa shape index (κ3) is 3.32. The minimum Gasteiger partial charge on any atom is -0.486 e. The summed E-state index contributed by atoms with van der Waals surface area (Å²) in [6.45, 7) is 1.33. The Morgan fingerprint density at radius 1 is 1.08 bits per heavy atom. The average Bonchev–Trinajstić information content (AvgIpc) is 3.05. The molecule has 0 spiro atoms. The largest absolute Gasteiger partial charge is 0.486 e. The second kappa shape index (κ2) is 6.88. The van der Waals surface area contributed by atoms with Crippen molar-refractivity contribution in [1.82, 2.24) is 0 Å². The summed E-state index contributed by atoms with van der Waals surface area (Å²) in [6.07, 6.45) is 0.174. The second-order valence-corrected chi connectivity index (χ2v) is 6.67. The van der Waals surface area contributed by atoms with Crippen LogP contribution in [0, 0.1) is 5.92 Å². The Hall–Kier alpha value is -2.73. The number of hydrogen-bond donors (Lipinski definition) is 1. The van der Waals surface area contributed by atoms with Gasteiger partial charge in [0.15, 0.2) is 11.5 Å². The van der Waals surface area contributed by atoms with Crippen LogP contribution in [0.25, 0.3) is 0 Å². The van der Waals surface area contributed by atoms with Crippen LogP contribution in [0.4, 0.5) is 11.4 Å². The lowest BCUT2D eigenvalue weighted by Crippen LogP contribution is -2.28. The van der Waals surface area contributed by atoms with Crippen LogP contribution in [-0.2, 0) is 9.59 Å². The summed E-state index contributed by atoms with van der Waals surface area (Å²) in [7, 11) is 0. The van der Waals surface area contributed by atoms with E-state index in [1.165, 1.54) is 0 Å². The summed E-state index contributed by atoms with van der Waals surface area (Å²) in [5.74, 6) is 0.615. The molecule has 1 N–H and O–H groups in total. The van der Waals surface area contributed by atoms with Crippen molar-refractivity contribution >= 4 is 34.8 Å². The van der Waals surface area contributed by atoms with Gasteiger partial charge < -0.3 is 19.7 Å². The SMILES string of the molecule is O=C(Nc1ccc(Cl)cc1)C1CC(=O)N(c2ccc3c(c2)OCCO3)C1. The lowest BCUT2D eigenvalue weighted by molar-refractivity contribution is -0.122. The van der Waals surface area contributed by atoms with Crippen molar-refractivity contribution in [3.8, 4) is 11.5 Å². The Labute approximate surface area is 155 Å². The van der Waals surface area contributed by atoms with Gasteiger partial charge in [0.2, 0.25) is 11.8 Å². The maximum Gasteiger partial charge on any atom is 0.229 e. The molecule has 0 bridgehead atoms. The number of nitrogens with zero attached hydrogens (tertiary/aromatic N) is 1. The van der Waals surface area contributed by atoms with E-state index in [1.54, 1.807) is 41.3 Å². The minimum absolute atomic E-state index is 0.0852. The predicted molar refractivity (Wildman–Crippen MR) is 98.0 cm³/mol. The molecule has 4 rings (SSSR count). The zero-order valence-corrected chi connectivity index (χ0v) is 14.7. The Kier molecular flexibility index (Phi) is 4.42. The molecule has 1 atom stereocenters. The van der Waals surface area contributed by atoms with Gasteiger partial charge in [-0.3, -0.25) is 9.59 Å². The number of ether oxygens (including phenoxy) is 2. The summed E-state index contributed by atoms with van der Waals surface area (Å²) < 4.78 is 11.1. The number of anilines is 2. The van der Waals surface area contributed by atoms with Crippen molar-refractivity contribution < 1.29 is 19.1 Å². The van der Waals surface area contributed by atoms with E-state index in [1.807, 2.05) is 6.07 Å². The van der Waals surface area contributed by atoms with Gasteiger partial charge in [-0.05, 0) is 36.4 Å². The van der Waals surface area contributed by atoms with E-state index in [4.69, 9.17) is 21.1 Å². The number of nitrogens with one attached hydrogen (secondary N) is 1. The third-order valence-electron chi connectivity index (χ3n) is 4.45. The molecule has 2 aliphatic heterocycles. The second-order valence-electron chi connectivity index (χ2n) is 6.23. The zero-order valence-electron chi connectivity index (χ0n) is 13.9. The summed E-state index contributed by atoms with van der Waals surface area (Å²) in [5, 5.41) is 3.43. The molecule has 0 saturated carbocycles. The molecule has 1 fully saturated rings. The molecule has 1 unspecified atom stereocenters. The van der Waals surface area contributed by atoms with Crippen LogP contribution in [-0.4, -0.2) is 31.6 Å². The van der Waals surface area contributed by atoms with Crippen molar-refractivity contribution in [2.45, 2.75) is 6.42 Å². The first kappa shape index (κ1) is 16.7. The van der Waals surface area contributed by atoms with Crippen LogP contribution in [0.15, 0.2) is 42.5 Å². The van der Waals surface area contributed by atoms with Gasteiger partial charge in [0.1, 0.15) is 13.2 Å². The van der Waals surface area contributed by atoms with Gasteiger partial charge in [0.05, 0.1) is 5.92 Å². The topological polar surface area (TPSA) is 67.9 Å². The van der Waals surface area contributed by atoms with Crippen LogP contribution in [0.2, 0.25) is 5.02 Å². The van der Waals surface area contributed by atoms with Crippen LogP contribution < -0.4 is 19.7 Å². The molecule has 1 saturated heterocycles. The van der Waals surface area contributed by atoms with Crippen molar-refractivity contribution in [3.05, 3.63) is 47.5 Å². The lowest BCUT2D eigenvalue weighted by Gasteiger charge is -2.22. The molecule has 2 aromatic carbocycles. The monoisotopic (exact) mass is 372 g/mol. The summed E-state index contributed by atoms with van der Waals surface area (Å²) in [5.41, 5.74) is 1.37. The van der Waals surface area contributed by atoms with Gasteiger partial charge in [0.25, 0.3) is 0 Å². The predicted octanol–water partition coefficient (Wildman–Crippen LogP) is 3.10. The number of fused-ring (bicyclic) bond motifs is 1. The number of carbonyl (C=O) groups is 2. The van der Waals surface area contributed by atoms with Crippen LogP contribution in [0.5, 0.6) is 11.5 Å². The van der Waals surface area contributed by atoms with Gasteiger partial charge in [-0.25, -0.2) is 0 Å². The highest BCUT2D eigenvalue weighted by atomic mass is 35.5. The zero-order chi connectivity index (χ0) is 18.1. The number of hydrogen-bond acceptors (Lipinski definition) is 4. The van der Waals surface area contributed by atoms with Gasteiger partial charge in [-0.2, -0.15) is 0 Å². The summed E-state index contributed by atoms with van der Waals surface area (Å²) >= 11 is 5.85. The lowest BCUT2D eigenvalue weighted by atomic mass is 10.1. The Bertz CT molecular complexity index is 853. The Morgan fingerprint density at radius 3 is 2.58 bits per heavy atom. The molecule has 134 valence electrons. The number of carbonyl (C=O) groups excluding carboxylic acids is 2. The van der Waals surface area contributed by atoms with Crippen LogP contribution in [0.3, 0.4) is 0 Å². The highest BCUT2D eigenvalue weighted by molar-refractivity contribution is 6.30. The first-order chi connectivity index (χ1) is 12.6. The third-order valence-corrected chi connectivity index (χ3v) is 4.70. The molecule has 2 aromatic rings. The van der Waals surface area contributed by atoms with Crippen LogP contribution in [0.1, 0.15) is 6.42 Å². The molecular weight excluding hydrogens is 356 g/mol. The van der Waals surface area contributed by atoms with E-state index in [0.29, 0.717) is 47.7 Å². The first-order valence-electron chi connectivity index (χ1n) is 8.36. The molecule has 0 radical (unpaired) electrons. The summed E-state index contributed by atoms with van der Waals surface area (Å²) in [6, 6.07) is 12.3. The molecule has 2 amide bonds. The standard InChI is InChI=1S/C19H17ClN2O4/c20-13-1-3-14(4-2-13)21-19(24)12-9-18(23)22(11-12)15-5-6-16-17(10-15)26-8-7-25-16/h1-6,10,12H,7-9,11H2,(H,21,24). The quantitative estimate of drug-likeness (QED) is 0.899. The molecular formula is C19H17ClN2O4. The van der Waals surface area contributed by atoms with E-state index in [2.05, 4.69) is 5.32 Å². The Morgan fingerprint density at radius 2 is 1.81 bits per heavy atom. The summed E-state index contributed by atoms with van der Waals surface area (Å²) in [4.78, 5) is 26.5. The fourth-order valence-electron chi connectivity index (χ4n) is 3.11. The molecule has 2 heterocycles. The van der Waals surface area contributed by atoms with Crippen molar-refractivity contribution in [3.63, 3.8) is 0 Å². The van der Waals surface area contributed by atoms with Gasteiger partial charge in [-0.15, -0.1) is 0 Å². The van der Waals surface area contributed by atoms with Crippen LogP contribution >= 0.6 is 11.6 Å². The van der Waals surface area contributed by atoms with Gasteiger partial charge >= 0.3 is 0 Å². The number of benzene rings is 2. The first-order valence-corrected chi connectivity index (χ1v) is 8.74. The number of amides is 2. The highest BCUT2D eigenvalue weighted by Gasteiger charge is 2.35. The Balaban J connectivity index is 1.46. The van der Waals surface area contributed by atoms with E-state index >= 15 is 0 Å². The van der Waals surface area contributed by atoms with Gasteiger partial charge in [-0.1, -0.05) is 11.6 Å².